The summed E-state index contributed by atoms with van der Waals surface area (Å²) in [5.41, 5.74) is 0. The molecule has 0 aromatic rings. The third kappa shape index (κ3) is 5.21. The van der Waals surface area contributed by atoms with Crippen molar-refractivity contribution in [2.75, 3.05) is 7.11 Å². The second-order valence-corrected chi connectivity index (χ2v) is 1.93. The van der Waals surface area contributed by atoms with Crippen molar-refractivity contribution in [2.45, 2.75) is 12.8 Å². The summed E-state index contributed by atoms with van der Waals surface area (Å²) in [6.45, 7) is 0. The van der Waals surface area contributed by atoms with Crippen LogP contribution in [0.15, 0.2) is 0 Å². The number of carbonyl (C=O) groups excluding carboxylic acids is 3. The number of rotatable bonds is 0. The molecule has 6 heteroatoms. The highest BCUT2D eigenvalue weighted by Crippen LogP contribution is 1.95. The van der Waals surface area contributed by atoms with Crippen LogP contribution in [0.5, 0.6) is 0 Å². The Morgan fingerprint density at radius 3 is 1.75 bits per heavy atom. The van der Waals surface area contributed by atoms with Gasteiger partial charge in [-0.1, -0.05) is 0 Å². The number of methoxy groups -OCH3 is 1. The molecule has 12 heavy (non-hydrogen) atoms. The number of ether oxygens (including phenoxy) is 1. The molecule has 0 aromatic carbocycles. The Bertz CT molecular complexity index is 186. The maximum Gasteiger partial charge on any atom is 0.549 e. The number of amides is 2. The van der Waals surface area contributed by atoms with Gasteiger partial charge >= 0.3 is 6.16 Å². The molecule has 1 radical (unpaired) electrons. The smallest absolute Gasteiger partial charge is 0.435 e. The van der Waals surface area contributed by atoms with E-state index in [4.69, 9.17) is 9.90 Å². The van der Waals surface area contributed by atoms with Crippen molar-refractivity contribution >= 4 is 18.0 Å². The molecule has 1 saturated heterocycles. The van der Waals surface area contributed by atoms with E-state index in [1.807, 2.05) is 0 Å². The van der Waals surface area contributed by atoms with Crippen molar-refractivity contribution in [3.8, 4) is 0 Å². The van der Waals surface area contributed by atoms with E-state index in [0.717, 1.165) is 7.11 Å². The van der Waals surface area contributed by atoms with Crippen molar-refractivity contribution < 1.29 is 24.2 Å². The van der Waals surface area contributed by atoms with E-state index in [1.54, 1.807) is 0 Å². The SMILES string of the molecule is COC([O])=O.O=C1CCC(=O)N1. The lowest BCUT2D eigenvalue weighted by molar-refractivity contribution is -0.124. The molecule has 0 spiro atoms. The van der Waals surface area contributed by atoms with Crippen LogP contribution in [0.2, 0.25) is 0 Å². The van der Waals surface area contributed by atoms with Crippen LogP contribution >= 0.6 is 0 Å². The fourth-order valence-corrected chi connectivity index (χ4v) is 0.508. The fraction of sp³-hybridized carbons (Fsp3) is 0.500. The van der Waals surface area contributed by atoms with E-state index in [9.17, 15) is 9.59 Å². The zero-order valence-electron chi connectivity index (χ0n) is 6.46. The van der Waals surface area contributed by atoms with E-state index in [0.29, 0.717) is 12.8 Å². The van der Waals surface area contributed by atoms with E-state index < -0.39 is 6.16 Å². The minimum absolute atomic E-state index is 0.148. The average Bonchev–Trinajstić information content (AvgIpc) is 2.36. The topological polar surface area (TPSA) is 92.4 Å². The molecule has 0 saturated carbocycles. The second kappa shape index (κ2) is 5.11. The maximum atomic E-state index is 10.1. The van der Waals surface area contributed by atoms with Crippen LogP contribution in [0, 0.1) is 0 Å². The molecule has 0 aliphatic carbocycles. The Morgan fingerprint density at radius 2 is 1.67 bits per heavy atom. The van der Waals surface area contributed by atoms with Crippen LogP contribution in [-0.4, -0.2) is 25.1 Å². The first kappa shape index (κ1) is 10.4. The summed E-state index contributed by atoms with van der Waals surface area (Å²) in [6, 6.07) is 0. The molecule has 1 aliphatic heterocycles. The fourth-order valence-electron chi connectivity index (χ4n) is 0.508. The Morgan fingerprint density at radius 1 is 1.33 bits per heavy atom. The molecule has 1 fully saturated rings. The normalized spacial score (nSPS) is 14.4. The highest BCUT2D eigenvalue weighted by molar-refractivity contribution is 6.01. The van der Waals surface area contributed by atoms with Gasteiger partial charge in [0.05, 0.1) is 7.11 Å². The number of hydrogen-bond donors (Lipinski definition) is 1. The van der Waals surface area contributed by atoms with Gasteiger partial charge in [-0.15, -0.1) is 0 Å². The highest BCUT2D eigenvalue weighted by Gasteiger charge is 2.15. The molecular formula is C6H8NO5. The number of hydrogen-bond acceptors (Lipinski definition) is 4. The molecule has 1 rings (SSSR count). The Balaban J connectivity index is 0.000000217. The minimum atomic E-state index is -1.50. The van der Waals surface area contributed by atoms with Crippen molar-refractivity contribution in [3.05, 3.63) is 0 Å². The van der Waals surface area contributed by atoms with E-state index in [-0.39, 0.29) is 11.8 Å². The summed E-state index contributed by atoms with van der Waals surface area (Å²) >= 11 is 0. The predicted octanol–water partition coefficient (Wildman–Crippen LogP) is -0.394. The molecule has 67 valence electrons. The van der Waals surface area contributed by atoms with Crippen LogP contribution in [0.3, 0.4) is 0 Å². The summed E-state index contributed by atoms with van der Waals surface area (Å²) in [6.07, 6.45) is -0.748. The van der Waals surface area contributed by atoms with Crippen LogP contribution in [0.4, 0.5) is 4.79 Å². The quantitative estimate of drug-likeness (QED) is 0.399. The maximum absolute atomic E-state index is 10.1. The van der Waals surface area contributed by atoms with Crippen molar-refractivity contribution in [3.63, 3.8) is 0 Å². The summed E-state index contributed by atoms with van der Waals surface area (Å²) in [5.74, 6) is -0.296. The average molecular weight is 174 g/mol. The monoisotopic (exact) mass is 174 g/mol. The highest BCUT2D eigenvalue weighted by atomic mass is 16.6. The Kier molecular flexibility index (Phi) is 4.43. The molecule has 1 heterocycles. The lowest BCUT2D eigenvalue weighted by Crippen LogP contribution is -2.18. The third-order valence-corrected chi connectivity index (χ3v) is 1.02. The molecule has 0 bridgehead atoms. The first-order chi connectivity index (χ1) is 5.56. The molecule has 1 N–H and O–H groups in total. The lowest BCUT2D eigenvalue weighted by Gasteiger charge is -1.79. The summed E-state index contributed by atoms with van der Waals surface area (Å²) in [4.78, 5) is 29.3. The number of nitrogens with one attached hydrogen (secondary N) is 1. The van der Waals surface area contributed by atoms with Crippen LogP contribution in [0.1, 0.15) is 12.8 Å². The zero-order chi connectivity index (χ0) is 9.56. The van der Waals surface area contributed by atoms with E-state index >= 15 is 0 Å². The molecule has 2 amide bonds. The van der Waals surface area contributed by atoms with Gasteiger partial charge in [0.15, 0.2) is 0 Å². The van der Waals surface area contributed by atoms with E-state index in [1.165, 1.54) is 0 Å². The summed E-state index contributed by atoms with van der Waals surface area (Å²) < 4.78 is 3.56. The minimum Gasteiger partial charge on any atom is -0.435 e. The number of imide groups is 1. The van der Waals surface area contributed by atoms with Gasteiger partial charge < -0.3 is 4.74 Å². The van der Waals surface area contributed by atoms with Gasteiger partial charge in [0, 0.05) is 12.8 Å². The van der Waals surface area contributed by atoms with Crippen LogP contribution in [0.25, 0.3) is 0 Å². The van der Waals surface area contributed by atoms with Gasteiger partial charge in [0.25, 0.3) is 0 Å². The second-order valence-electron chi connectivity index (χ2n) is 1.93. The van der Waals surface area contributed by atoms with Crippen molar-refractivity contribution in [2.24, 2.45) is 0 Å². The van der Waals surface area contributed by atoms with Crippen LogP contribution in [-0.2, 0) is 19.4 Å². The van der Waals surface area contributed by atoms with Crippen molar-refractivity contribution in [1.82, 2.24) is 5.32 Å². The molecular weight excluding hydrogens is 166 g/mol. The molecule has 0 atom stereocenters. The third-order valence-electron chi connectivity index (χ3n) is 1.02. The van der Waals surface area contributed by atoms with Gasteiger partial charge in [0.2, 0.25) is 11.8 Å². The Labute approximate surface area is 68.5 Å². The van der Waals surface area contributed by atoms with Gasteiger partial charge in [-0.2, -0.15) is 9.90 Å². The van der Waals surface area contributed by atoms with Gasteiger partial charge in [-0.25, -0.2) is 0 Å². The van der Waals surface area contributed by atoms with Gasteiger partial charge in [-0.3, -0.25) is 14.9 Å². The van der Waals surface area contributed by atoms with Gasteiger partial charge in [0.1, 0.15) is 0 Å². The molecule has 0 unspecified atom stereocenters. The molecule has 1 aliphatic rings. The largest absolute Gasteiger partial charge is 0.549 e. The Hall–Kier alpha value is -1.59. The molecule has 6 nitrogen and oxygen atoms in total. The van der Waals surface area contributed by atoms with Crippen molar-refractivity contribution in [1.29, 1.82) is 0 Å². The first-order valence-corrected chi connectivity index (χ1v) is 3.14. The predicted molar refractivity (Wildman–Crippen MR) is 35.5 cm³/mol. The van der Waals surface area contributed by atoms with E-state index in [2.05, 4.69) is 10.1 Å². The zero-order valence-corrected chi connectivity index (χ0v) is 6.46. The summed E-state index contributed by atoms with van der Waals surface area (Å²) in [7, 11) is 1.04. The summed E-state index contributed by atoms with van der Waals surface area (Å²) in [5, 5.41) is 11.2. The lowest BCUT2D eigenvalue weighted by atomic mass is 10.4. The molecule has 0 aromatic heterocycles. The van der Waals surface area contributed by atoms with Crippen LogP contribution < -0.4 is 5.32 Å². The standard InChI is InChI=1S/C4H5NO2.C2H3O3/c6-3-1-2-4(7)5-3;1-5-2(3)4/h1-2H2,(H,5,6,7);1H3. The first-order valence-electron chi connectivity index (χ1n) is 3.14. The number of carbonyl (C=O) groups is 3. The van der Waals surface area contributed by atoms with Gasteiger partial charge in [-0.05, 0) is 0 Å².